The van der Waals surface area contributed by atoms with Crippen molar-refractivity contribution in [3.63, 3.8) is 0 Å². The quantitative estimate of drug-likeness (QED) is 0.157. The first-order valence-corrected chi connectivity index (χ1v) is 16.6. The summed E-state index contributed by atoms with van der Waals surface area (Å²) < 4.78 is 1.88. The SMILES string of the molecule is Cn1nc(C(C)(C)c2ccccc2)nc1-c1[c-]ccc(-c2cc(-c3ccc(C(C)(C)C)cc3)cc(-c3ccc(C(C)(C)C)cc3)c2)c1.[Ir]. The van der Waals surface area contributed by atoms with Crippen LogP contribution in [0.15, 0.2) is 115 Å². The van der Waals surface area contributed by atoms with Gasteiger partial charge in [0, 0.05) is 27.2 Å². The van der Waals surface area contributed by atoms with Crippen LogP contribution in [0, 0.1) is 6.07 Å². The second-order valence-electron chi connectivity index (χ2n) is 15.3. The van der Waals surface area contributed by atoms with E-state index in [1.165, 1.54) is 38.9 Å². The topological polar surface area (TPSA) is 30.7 Å². The van der Waals surface area contributed by atoms with Crippen molar-refractivity contribution in [3.05, 3.63) is 144 Å². The van der Waals surface area contributed by atoms with Crippen LogP contribution in [0.5, 0.6) is 0 Å². The molecule has 1 aromatic heterocycles. The average molecular weight is 809 g/mol. The standard InChI is InChI=1S/C44H46N3.Ir/c1-42(2,3)37-22-18-30(19-23-37)34-27-35(31-20-24-38(25-21-31)43(4,5)6)29-36(28-34)32-14-13-15-33(26-32)40-45-41(46-47(40)9)44(7,8)39-16-11-10-12-17-39;/h10-14,16-29H,1-9H3;/q-1;. The van der Waals surface area contributed by atoms with Gasteiger partial charge >= 0.3 is 0 Å². The van der Waals surface area contributed by atoms with E-state index in [1.807, 2.05) is 23.9 Å². The largest absolute Gasteiger partial charge is 0.289 e. The summed E-state index contributed by atoms with van der Waals surface area (Å²) in [6.45, 7) is 17.9. The van der Waals surface area contributed by atoms with Gasteiger partial charge in [-0.2, -0.15) is 5.10 Å². The minimum atomic E-state index is -0.330. The van der Waals surface area contributed by atoms with Gasteiger partial charge in [0.2, 0.25) is 0 Å². The summed E-state index contributed by atoms with van der Waals surface area (Å²) in [5.74, 6) is 1.60. The Morgan fingerprint density at radius 1 is 0.521 bits per heavy atom. The normalized spacial score (nSPS) is 12.1. The van der Waals surface area contributed by atoms with Gasteiger partial charge in [0.15, 0.2) is 5.82 Å². The van der Waals surface area contributed by atoms with E-state index in [0.29, 0.717) is 0 Å². The van der Waals surface area contributed by atoms with Gasteiger partial charge in [0.1, 0.15) is 0 Å². The molecule has 0 fully saturated rings. The summed E-state index contributed by atoms with van der Waals surface area (Å²) in [6.07, 6.45) is 0. The molecule has 247 valence electrons. The van der Waals surface area contributed by atoms with E-state index in [9.17, 15) is 0 Å². The number of hydrogen-bond donors (Lipinski definition) is 0. The molecule has 0 spiro atoms. The molecule has 0 saturated heterocycles. The van der Waals surface area contributed by atoms with Crippen molar-refractivity contribution in [2.75, 3.05) is 0 Å². The zero-order valence-electron chi connectivity index (χ0n) is 29.6. The van der Waals surface area contributed by atoms with Gasteiger partial charge in [-0.05, 0) is 87.4 Å². The van der Waals surface area contributed by atoms with Gasteiger partial charge in [-0.15, -0.1) is 35.4 Å². The monoisotopic (exact) mass is 809 g/mol. The molecule has 4 heteroatoms. The molecule has 0 N–H and O–H groups in total. The smallest absolute Gasteiger partial charge is 0.150 e. The third-order valence-corrected chi connectivity index (χ3v) is 9.29. The van der Waals surface area contributed by atoms with Crippen LogP contribution in [-0.4, -0.2) is 14.8 Å². The van der Waals surface area contributed by atoms with Crippen LogP contribution in [0.3, 0.4) is 0 Å². The fraction of sp³-hybridized carbons (Fsp3) is 0.273. The third-order valence-electron chi connectivity index (χ3n) is 9.29. The van der Waals surface area contributed by atoms with E-state index in [2.05, 4.69) is 165 Å². The van der Waals surface area contributed by atoms with Crippen molar-refractivity contribution in [2.45, 2.75) is 71.6 Å². The first kappa shape index (κ1) is 35.2. The summed E-state index contributed by atoms with van der Waals surface area (Å²) >= 11 is 0. The molecular weight excluding hydrogens is 763 g/mol. The van der Waals surface area contributed by atoms with Crippen molar-refractivity contribution < 1.29 is 20.1 Å². The summed E-state index contributed by atoms with van der Waals surface area (Å²) in [7, 11) is 1.97. The zero-order chi connectivity index (χ0) is 33.6. The van der Waals surface area contributed by atoms with Gasteiger partial charge < -0.3 is 0 Å². The molecule has 3 nitrogen and oxygen atoms in total. The molecule has 6 rings (SSSR count). The van der Waals surface area contributed by atoms with Gasteiger partial charge in [0.25, 0.3) is 0 Å². The molecule has 48 heavy (non-hydrogen) atoms. The Hall–Kier alpha value is -4.11. The predicted octanol–water partition coefficient (Wildman–Crippen LogP) is 11.2. The Kier molecular flexibility index (Phi) is 9.84. The van der Waals surface area contributed by atoms with Gasteiger partial charge in [-0.3, -0.25) is 9.67 Å². The van der Waals surface area contributed by atoms with Crippen LogP contribution in [0.1, 0.15) is 77.9 Å². The van der Waals surface area contributed by atoms with Crippen molar-refractivity contribution in [3.8, 4) is 44.8 Å². The maximum Gasteiger partial charge on any atom is 0.150 e. The van der Waals surface area contributed by atoms with Gasteiger partial charge in [-0.1, -0.05) is 120 Å². The van der Waals surface area contributed by atoms with Crippen LogP contribution in [0.2, 0.25) is 0 Å². The van der Waals surface area contributed by atoms with E-state index in [1.54, 1.807) is 0 Å². The van der Waals surface area contributed by atoms with Crippen LogP contribution in [0.4, 0.5) is 0 Å². The van der Waals surface area contributed by atoms with E-state index in [-0.39, 0.29) is 36.4 Å². The summed E-state index contributed by atoms with van der Waals surface area (Å²) in [5.41, 5.74) is 11.7. The summed E-state index contributed by atoms with van der Waals surface area (Å²) in [5, 5.41) is 4.88. The molecule has 1 radical (unpaired) electrons. The van der Waals surface area contributed by atoms with E-state index >= 15 is 0 Å². The molecule has 1 heterocycles. The number of nitrogens with zero attached hydrogens (tertiary/aromatic N) is 3. The van der Waals surface area contributed by atoms with Crippen molar-refractivity contribution in [1.29, 1.82) is 0 Å². The minimum Gasteiger partial charge on any atom is -0.289 e. The minimum absolute atomic E-state index is 0. The van der Waals surface area contributed by atoms with Crippen LogP contribution in [-0.2, 0) is 43.4 Å². The van der Waals surface area contributed by atoms with E-state index < -0.39 is 0 Å². The number of hydrogen-bond acceptors (Lipinski definition) is 2. The molecule has 0 atom stereocenters. The fourth-order valence-electron chi connectivity index (χ4n) is 6.10. The van der Waals surface area contributed by atoms with Crippen LogP contribution in [0.25, 0.3) is 44.8 Å². The number of rotatable bonds is 6. The second kappa shape index (κ2) is 13.4. The Balaban J connectivity index is 0.00000451. The van der Waals surface area contributed by atoms with E-state index in [0.717, 1.165) is 28.3 Å². The second-order valence-corrected chi connectivity index (χ2v) is 15.3. The molecule has 0 amide bonds. The predicted molar refractivity (Wildman–Crippen MR) is 198 cm³/mol. The maximum atomic E-state index is 5.07. The van der Waals surface area contributed by atoms with E-state index in [4.69, 9.17) is 10.1 Å². The summed E-state index contributed by atoms with van der Waals surface area (Å²) in [4.78, 5) is 5.07. The molecule has 0 bridgehead atoms. The Bertz CT molecular complexity index is 1930. The van der Waals surface area contributed by atoms with Gasteiger partial charge in [-0.25, -0.2) is 0 Å². The van der Waals surface area contributed by atoms with Crippen molar-refractivity contribution in [2.24, 2.45) is 7.05 Å². The zero-order valence-corrected chi connectivity index (χ0v) is 32.0. The number of aromatic nitrogens is 3. The van der Waals surface area contributed by atoms with Crippen LogP contribution < -0.4 is 0 Å². The van der Waals surface area contributed by atoms with Crippen molar-refractivity contribution in [1.82, 2.24) is 14.8 Å². The third kappa shape index (κ3) is 7.31. The molecule has 0 saturated carbocycles. The molecule has 5 aromatic carbocycles. The van der Waals surface area contributed by atoms with Crippen LogP contribution >= 0.6 is 0 Å². The Morgan fingerprint density at radius 3 is 1.48 bits per heavy atom. The van der Waals surface area contributed by atoms with Crippen molar-refractivity contribution >= 4 is 0 Å². The molecule has 0 aliphatic rings. The first-order chi connectivity index (χ1) is 22.2. The number of benzene rings is 5. The molecule has 0 aliphatic heterocycles. The Labute approximate surface area is 300 Å². The maximum absolute atomic E-state index is 5.07. The first-order valence-electron chi connectivity index (χ1n) is 16.6. The molecule has 0 unspecified atom stereocenters. The molecule has 6 aromatic rings. The molecular formula is C44H46IrN3-. The fourth-order valence-corrected chi connectivity index (χ4v) is 6.10. The average Bonchev–Trinajstić information content (AvgIpc) is 3.46. The summed E-state index contributed by atoms with van der Waals surface area (Å²) in [6, 6.07) is 45.2. The number of aryl methyl sites for hydroxylation is 1. The Morgan fingerprint density at radius 2 is 1.00 bits per heavy atom. The van der Waals surface area contributed by atoms with Gasteiger partial charge in [0.05, 0.1) is 11.2 Å². The molecule has 0 aliphatic carbocycles.